The maximum atomic E-state index is 6.27. The largest absolute Gasteiger partial charge is 0.505 e. The summed E-state index contributed by atoms with van der Waals surface area (Å²) < 4.78 is 13.7. The highest BCUT2D eigenvalue weighted by molar-refractivity contribution is 7.25. The summed E-state index contributed by atoms with van der Waals surface area (Å²) in [5.74, 6) is 2.43. The van der Waals surface area contributed by atoms with E-state index in [2.05, 4.69) is 93.3 Å². The van der Waals surface area contributed by atoms with Gasteiger partial charge in [-0.1, -0.05) is 36.4 Å². The van der Waals surface area contributed by atoms with Crippen LogP contribution in [-0.2, 0) is 9.31 Å². The fraction of sp³-hybridized carbons (Fsp3) is 0.448. The highest BCUT2D eigenvalue weighted by atomic mass is 32.1. The van der Waals surface area contributed by atoms with Crippen molar-refractivity contribution in [2.75, 3.05) is 4.90 Å². The topological polar surface area (TPSA) is 21.7 Å². The highest BCUT2D eigenvalue weighted by Gasteiger charge is 2.55. The first-order valence-electron chi connectivity index (χ1n) is 12.8. The second-order valence-electron chi connectivity index (χ2n) is 11.6. The van der Waals surface area contributed by atoms with Crippen LogP contribution in [0.1, 0.15) is 58.4 Å². The Hall–Kier alpha value is -2.08. The first kappa shape index (κ1) is 21.2. The molecule has 0 radical (unpaired) electrons. The van der Waals surface area contributed by atoms with Gasteiger partial charge in [-0.3, -0.25) is 0 Å². The minimum Gasteiger partial charge on any atom is -0.399 e. The van der Waals surface area contributed by atoms with Crippen LogP contribution >= 0.6 is 11.3 Å². The minimum atomic E-state index is -0.312. The van der Waals surface area contributed by atoms with Crippen molar-refractivity contribution in [3.63, 3.8) is 0 Å². The smallest absolute Gasteiger partial charge is 0.399 e. The summed E-state index contributed by atoms with van der Waals surface area (Å²) >= 11 is 1.77. The lowest BCUT2D eigenvalue weighted by atomic mass is 9.82. The maximum absolute atomic E-state index is 6.27. The Kier molecular flexibility index (Phi) is 4.51. The number of rotatable bonds is 3. The summed E-state index contributed by atoms with van der Waals surface area (Å²) in [6.07, 6.45) is 4.22. The SMILES string of the molecule is CC1(C)OB(c2ccc(-c3ccc(N4c5ccccc5C5C6CCC(C6)C54)cc3)s2)OC1(C)C. The van der Waals surface area contributed by atoms with E-state index in [4.69, 9.17) is 9.31 Å². The van der Waals surface area contributed by atoms with Gasteiger partial charge in [-0.25, -0.2) is 0 Å². The van der Waals surface area contributed by atoms with Gasteiger partial charge in [-0.2, -0.15) is 0 Å². The molecule has 5 heteroatoms. The van der Waals surface area contributed by atoms with Crippen LogP contribution in [0.3, 0.4) is 0 Å². The molecule has 3 aromatic rings. The van der Waals surface area contributed by atoms with Crippen LogP contribution in [0.5, 0.6) is 0 Å². The molecule has 7 rings (SSSR count). The predicted molar refractivity (Wildman–Crippen MR) is 141 cm³/mol. The molecule has 3 fully saturated rings. The zero-order valence-electron chi connectivity index (χ0n) is 20.5. The van der Waals surface area contributed by atoms with Crippen molar-refractivity contribution in [3.05, 3.63) is 66.2 Å². The molecule has 1 saturated heterocycles. The predicted octanol–water partition coefficient (Wildman–Crippen LogP) is 6.75. The zero-order valence-corrected chi connectivity index (χ0v) is 21.3. The molecule has 174 valence electrons. The standard InChI is InChI=1S/C29H32BNO2S/c1-28(2)29(3,4)33-30(32-28)25-16-15-24(34-25)18-11-13-21(14-12-18)31-23-8-6-5-7-22(23)26-19-9-10-20(17-19)27(26)31/h5-8,11-16,19-20,26-27H,9-10,17H2,1-4H3. The van der Waals surface area contributed by atoms with Gasteiger partial charge in [0.15, 0.2) is 0 Å². The van der Waals surface area contributed by atoms with E-state index in [0.29, 0.717) is 6.04 Å². The Labute approximate surface area is 207 Å². The number of anilines is 2. The van der Waals surface area contributed by atoms with Crippen LogP contribution in [0.25, 0.3) is 10.4 Å². The fourth-order valence-electron chi connectivity index (χ4n) is 6.91. The normalized spacial score (nSPS) is 30.1. The molecule has 0 amide bonds. The molecular formula is C29H32BNO2S. The molecule has 4 atom stereocenters. The van der Waals surface area contributed by atoms with Crippen molar-refractivity contribution < 1.29 is 9.31 Å². The van der Waals surface area contributed by atoms with Gasteiger partial charge in [-0.15, -0.1) is 11.3 Å². The van der Waals surface area contributed by atoms with E-state index in [-0.39, 0.29) is 18.3 Å². The van der Waals surface area contributed by atoms with E-state index in [9.17, 15) is 0 Å². The van der Waals surface area contributed by atoms with Gasteiger partial charge >= 0.3 is 7.12 Å². The number of fused-ring (bicyclic) bond motifs is 7. The molecule has 4 unspecified atom stereocenters. The number of benzene rings is 2. The van der Waals surface area contributed by atoms with Crippen LogP contribution in [0, 0.1) is 11.8 Å². The Morgan fingerprint density at radius 2 is 1.56 bits per heavy atom. The molecule has 2 aromatic carbocycles. The van der Waals surface area contributed by atoms with Gasteiger partial charge in [0, 0.05) is 33.0 Å². The van der Waals surface area contributed by atoms with Gasteiger partial charge in [-0.05, 0) is 94.2 Å². The molecule has 3 nitrogen and oxygen atoms in total. The second kappa shape index (κ2) is 7.22. The Morgan fingerprint density at radius 1 is 0.853 bits per heavy atom. The van der Waals surface area contributed by atoms with E-state index >= 15 is 0 Å². The lowest BCUT2D eigenvalue weighted by Gasteiger charge is -2.33. The van der Waals surface area contributed by atoms with Gasteiger partial charge in [0.25, 0.3) is 0 Å². The molecule has 2 aliphatic heterocycles. The van der Waals surface area contributed by atoms with Gasteiger partial charge < -0.3 is 14.2 Å². The number of nitrogens with zero attached hydrogens (tertiary/aromatic N) is 1. The van der Waals surface area contributed by atoms with Crippen molar-refractivity contribution in [3.8, 4) is 10.4 Å². The number of hydrogen-bond acceptors (Lipinski definition) is 4. The molecule has 0 spiro atoms. The summed E-state index contributed by atoms with van der Waals surface area (Å²) in [5, 5.41) is 0. The number of para-hydroxylation sites is 1. The lowest BCUT2D eigenvalue weighted by Crippen LogP contribution is -2.41. The van der Waals surface area contributed by atoms with Gasteiger partial charge in [0.1, 0.15) is 0 Å². The molecule has 3 heterocycles. The first-order chi connectivity index (χ1) is 16.3. The van der Waals surface area contributed by atoms with E-state index in [1.807, 2.05) is 0 Å². The summed E-state index contributed by atoms with van der Waals surface area (Å²) in [6, 6.07) is 23.4. The molecular weight excluding hydrogens is 437 g/mol. The molecule has 34 heavy (non-hydrogen) atoms. The van der Waals surface area contributed by atoms with Crippen LogP contribution in [0.15, 0.2) is 60.7 Å². The quantitative estimate of drug-likeness (QED) is 0.396. The van der Waals surface area contributed by atoms with Crippen LogP contribution in [0.2, 0.25) is 0 Å². The lowest BCUT2D eigenvalue weighted by molar-refractivity contribution is 0.00578. The molecule has 2 bridgehead atoms. The van der Waals surface area contributed by atoms with Crippen LogP contribution < -0.4 is 9.68 Å². The molecule has 2 aliphatic carbocycles. The van der Waals surface area contributed by atoms with E-state index in [1.54, 1.807) is 16.9 Å². The number of hydrogen-bond donors (Lipinski definition) is 0. The van der Waals surface area contributed by atoms with Crippen molar-refractivity contribution in [1.29, 1.82) is 0 Å². The molecule has 2 saturated carbocycles. The third-order valence-corrected chi connectivity index (χ3v) is 10.4. The van der Waals surface area contributed by atoms with Crippen molar-refractivity contribution in [1.82, 2.24) is 0 Å². The third kappa shape index (κ3) is 2.96. The Bertz CT molecular complexity index is 1230. The average Bonchev–Trinajstić information content (AvgIpc) is 3.61. The second-order valence-corrected chi connectivity index (χ2v) is 12.7. The fourth-order valence-corrected chi connectivity index (χ4v) is 7.88. The Balaban J connectivity index is 1.17. The summed E-state index contributed by atoms with van der Waals surface area (Å²) in [6.45, 7) is 8.43. The first-order valence-corrected chi connectivity index (χ1v) is 13.6. The monoisotopic (exact) mass is 469 g/mol. The molecule has 4 aliphatic rings. The Morgan fingerprint density at radius 3 is 2.32 bits per heavy atom. The third-order valence-electron chi connectivity index (χ3n) is 9.27. The number of thiophene rings is 1. The van der Waals surface area contributed by atoms with Crippen LogP contribution in [-0.4, -0.2) is 24.4 Å². The summed E-state index contributed by atoms with van der Waals surface area (Å²) in [7, 11) is -0.293. The van der Waals surface area contributed by atoms with Crippen molar-refractivity contribution in [2.24, 2.45) is 11.8 Å². The summed E-state index contributed by atoms with van der Waals surface area (Å²) in [5.41, 5.74) is 4.97. The van der Waals surface area contributed by atoms with Crippen molar-refractivity contribution in [2.45, 2.75) is 70.1 Å². The maximum Gasteiger partial charge on any atom is 0.505 e. The molecule has 0 N–H and O–H groups in total. The van der Waals surface area contributed by atoms with Gasteiger partial charge in [0.2, 0.25) is 0 Å². The zero-order chi connectivity index (χ0) is 23.2. The minimum absolute atomic E-state index is 0.293. The average molecular weight is 469 g/mol. The van der Waals surface area contributed by atoms with Gasteiger partial charge in [0.05, 0.1) is 11.2 Å². The summed E-state index contributed by atoms with van der Waals surface area (Å²) in [4.78, 5) is 3.92. The highest BCUT2D eigenvalue weighted by Crippen LogP contribution is 2.62. The van der Waals surface area contributed by atoms with Crippen molar-refractivity contribution >= 4 is 34.6 Å². The van der Waals surface area contributed by atoms with E-state index < -0.39 is 0 Å². The molecule has 1 aromatic heterocycles. The van der Waals surface area contributed by atoms with E-state index in [0.717, 1.165) is 22.5 Å². The van der Waals surface area contributed by atoms with Crippen LogP contribution in [0.4, 0.5) is 11.4 Å². The van der Waals surface area contributed by atoms with E-state index in [1.165, 1.54) is 41.1 Å².